The van der Waals surface area contributed by atoms with Crippen LogP contribution in [0.3, 0.4) is 0 Å². The van der Waals surface area contributed by atoms with Crippen LogP contribution < -0.4 is 19.6 Å². The van der Waals surface area contributed by atoms with Crippen LogP contribution in [0.5, 0.6) is 0 Å². The molecule has 20 aromatic rings. The van der Waals surface area contributed by atoms with Gasteiger partial charge in [0.1, 0.15) is 0 Å². The Morgan fingerprint density at radius 3 is 0.741 bits per heavy atom. The summed E-state index contributed by atoms with van der Waals surface area (Å²) in [6.45, 7) is 17.6. The SMILES string of the molecule is Cc1ccc(N(c2ccccc2)c2ccc3ccc4c(N(c5ccccc5)c5ccc(C)cc5C)ccc5ccc2c3c54)c(C)c1.Cc1ccccc1-c1ccc(N(c2ccccc2-c2ccccc2)c2ccc3ccc4c(N(c5ccc(-c6ccccc6C)c(C)c5)c5ccccc5-c5ccccc5)ccc5ccc2c3c54)cc1C. The van der Waals surface area contributed by atoms with Gasteiger partial charge in [0, 0.05) is 66.8 Å². The number of anilines is 12. The first-order chi connectivity index (χ1) is 56.9. The lowest BCUT2D eigenvalue weighted by Gasteiger charge is -2.31. The van der Waals surface area contributed by atoms with E-state index < -0.39 is 0 Å². The van der Waals surface area contributed by atoms with Crippen molar-refractivity contribution in [1.29, 1.82) is 0 Å². The van der Waals surface area contributed by atoms with E-state index in [2.05, 4.69) is 463 Å². The van der Waals surface area contributed by atoms with Crippen LogP contribution in [0.2, 0.25) is 0 Å². The van der Waals surface area contributed by atoms with Gasteiger partial charge in [-0.2, -0.15) is 0 Å². The molecule has 0 spiro atoms. The molecule has 0 aliphatic rings. The van der Waals surface area contributed by atoms with E-state index in [4.69, 9.17) is 0 Å². The van der Waals surface area contributed by atoms with E-state index in [9.17, 15) is 0 Å². The molecule has 0 aromatic heterocycles. The van der Waals surface area contributed by atoms with Gasteiger partial charge in [0.05, 0.1) is 34.1 Å². The summed E-state index contributed by atoms with van der Waals surface area (Å²) in [6, 6.07) is 143. The van der Waals surface area contributed by atoms with E-state index in [-0.39, 0.29) is 0 Å². The minimum Gasteiger partial charge on any atom is -0.310 e. The average Bonchev–Trinajstić information content (AvgIpc) is 0.721. The molecule has 0 unspecified atom stereocenters. The predicted molar refractivity (Wildman–Crippen MR) is 499 cm³/mol. The van der Waals surface area contributed by atoms with Gasteiger partial charge >= 0.3 is 0 Å². The number of hydrogen-bond donors (Lipinski definition) is 0. The Hall–Kier alpha value is -14.3. The number of rotatable bonds is 16. The molecule has 0 radical (unpaired) electrons. The molecule has 4 heteroatoms. The van der Waals surface area contributed by atoms with Gasteiger partial charge in [-0.25, -0.2) is 0 Å². The molecule has 0 heterocycles. The molecule has 0 fully saturated rings. The maximum absolute atomic E-state index is 2.49. The number of benzene rings is 20. The summed E-state index contributed by atoms with van der Waals surface area (Å²) in [7, 11) is 0. The van der Waals surface area contributed by atoms with Crippen LogP contribution >= 0.6 is 0 Å². The fourth-order valence-corrected chi connectivity index (χ4v) is 18.2. The largest absolute Gasteiger partial charge is 0.310 e. The first-order valence-electron chi connectivity index (χ1n) is 40.4. The van der Waals surface area contributed by atoms with Gasteiger partial charge in [-0.15, -0.1) is 0 Å². The molecule has 20 aromatic carbocycles. The molecular formula is C112H88N4. The van der Waals surface area contributed by atoms with Crippen molar-refractivity contribution in [3.05, 3.63) is 433 Å². The monoisotopic (exact) mass is 1490 g/mol. The third-order valence-corrected chi connectivity index (χ3v) is 23.7. The summed E-state index contributed by atoms with van der Waals surface area (Å²) in [5, 5.41) is 14.9. The molecule has 20 rings (SSSR count). The van der Waals surface area contributed by atoms with Gasteiger partial charge in [-0.1, -0.05) is 302 Å². The van der Waals surface area contributed by atoms with E-state index in [1.165, 1.54) is 176 Å². The normalized spacial score (nSPS) is 11.4. The van der Waals surface area contributed by atoms with Crippen molar-refractivity contribution in [2.24, 2.45) is 0 Å². The number of para-hydroxylation sites is 4. The van der Waals surface area contributed by atoms with E-state index in [1.807, 2.05) is 0 Å². The lowest BCUT2D eigenvalue weighted by molar-refractivity contribution is 1.25. The van der Waals surface area contributed by atoms with Crippen molar-refractivity contribution in [3.8, 4) is 44.5 Å². The first-order valence-corrected chi connectivity index (χ1v) is 40.4. The Kier molecular flexibility index (Phi) is 18.8. The Balaban J connectivity index is 0.000000169. The lowest BCUT2D eigenvalue weighted by atomic mass is 9.91. The van der Waals surface area contributed by atoms with E-state index in [1.54, 1.807) is 0 Å². The van der Waals surface area contributed by atoms with Gasteiger partial charge in [0.25, 0.3) is 0 Å². The van der Waals surface area contributed by atoms with Crippen LogP contribution in [0.25, 0.3) is 109 Å². The number of nitrogens with zero attached hydrogens (tertiary/aromatic N) is 4. The first kappa shape index (κ1) is 72.0. The molecule has 4 nitrogen and oxygen atoms in total. The molecule has 556 valence electrons. The second-order valence-corrected chi connectivity index (χ2v) is 31.2. The molecule has 0 aliphatic heterocycles. The highest BCUT2D eigenvalue weighted by atomic mass is 15.2. The minimum atomic E-state index is 1.11. The number of hydrogen-bond acceptors (Lipinski definition) is 4. The topological polar surface area (TPSA) is 13.0 Å². The standard InChI is InChI=1S/C68H52N2.C44H36N2/c1-45-19-11-13-25-55(45)57-39-35-53(43-47(57)3)69(63-29-17-15-27-59(63)49-21-7-5-8-22-49)65-41-33-51-32-38-62-66(42-34-52-31-37-61(65)67(51)68(52)62)70(64-30-18-16-28-60(64)50-23-9-6-10-24-50)54-36-40-58(48(4)44-54)56-26-14-12-20-46(56)2;1-29-15-23-39(31(3)27-29)45(35-11-7-5-8-12-35)41-25-19-33-18-22-38-42(26-20-34-17-21-37(41)43(33)44(34)38)46(36-13-9-6-10-14-36)40-24-16-30(2)28-32(40)4/h5-44H,1-4H3;5-28H,1-4H3. The highest BCUT2D eigenvalue weighted by Gasteiger charge is 2.28. The zero-order valence-electron chi connectivity index (χ0n) is 66.7. The molecule has 0 aliphatic carbocycles. The highest BCUT2D eigenvalue weighted by molar-refractivity contribution is 6.30. The van der Waals surface area contributed by atoms with Crippen LogP contribution in [0.1, 0.15) is 44.5 Å². The third kappa shape index (κ3) is 13.0. The number of aryl methyl sites for hydroxylation is 8. The van der Waals surface area contributed by atoms with Gasteiger partial charge in [-0.3, -0.25) is 0 Å². The van der Waals surface area contributed by atoms with Crippen LogP contribution in [-0.2, 0) is 0 Å². The molecular weight excluding hydrogens is 1400 g/mol. The Bertz CT molecular complexity index is 6640. The van der Waals surface area contributed by atoms with Crippen molar-refractivity contribution in [3.63, 3.8) is 0 Å². The molecule has 0 N–H and O–H groups in total. The summed E-state index contributed by atoms with van der Waals surface area (Å²) >= 11 is 0. The van der Waals surface area contributed by atoms with Crippen LogP contribution in [0.15, 0.2) is 388 Å². The summed E-state index contributed by atoms with van der Waals surface area (Å²) in [6.07, 6.45) is 0. The van der Waals surface area contributed by atoms with Gasteiger partial charge in [-0.05, 0) is 262 Å². The minimum absolute atomic E-state index is 1.11. The smallest absolute Gasteiger partial charge is 0.0540 e. The van der Waals surface area contributed by atoms with Crippen LogP contribution in [-0.4, -0.2) is 0 Å². The van der Waals surface area contributed by atoms with Gasteiger partial charge in [0.2, 0.25) is 0 Å². The summed E-state index contributed by atoms with van der Waals surface area (Å²) < 4.78 is 0. The molecule has 116 heavy (non-hydrogen) atoms. The van der Waals surface area contributed by atoms with Gasteiger partial charge < -0.3 is 19.6 Å². The molecule has 0 amide bonds. The molecule has 0 atom stereocenters. The van der Waals surface area contributed by atoms with Crippen LogP contribution in [0.4, 0.5) is 68.2 Å². The average molecular weight is 1490 g/mol. The Morgan fingerprint density at radius 2 is 0.422 bits per heavy atom. The maximum Gasteiger partial charge on any atom is 0.0540 e. The molecule has 0 saturated carbocycles. The Morgan fingerprint density at radius 1 is 0.155 bits per heavy atom. The van der Waals surface area contributed by atoms with Crippen LogP contribution in [0, 0.1) is 55.4 Å². The highest BCUT2D eigenvalue weighted by Crippen LogP contribution is 2.53. The van der Waals surface area contributed by atoms with Crippen molar-refractivity contribution in [2.75, 3.05) is 19.6 Å². The second-order valence-electron chi connectivity index (χ2n) is 31.2. The fourth-order valence-electron chi connectivity index (χ4n) is 18.2. The quantitative estimate of drug-likeness (QED) is 0.0894. The predicted octanol–water partition coefficient (Wildman–Crippen LogP) is 32.2. The Labute approximate surface area is 680 Å². The zero-order chi connectivity index (χ0) is 78.7. The maximum atomic E-state index is 2.49. The summed E-state index contributed by atoms with van der Waals surface area (Å²) in [4.78, 5) is 9.83. The third-order valence-electron chi connectivity index (χ3n) is 23.7. The molecule has 0 bridgehead atoms. The molecule has 0 saturated heterocycles. The fraction of sp³-hybridized carbons (Fsp3) is 0.0714. The van der Waals surface area contributed by atoms with Gasteiger partial charge in [0.15, 0.2) is 0 Å². The van der Waals surface area contributed by atoms with E-state index in [0.717, 1.165) is 45.5 Å². The van der Waals surface area contributed by atoms with Crippen molar-refractivity contribution in [1.82, 2.24) is 0 Å². The summed E-state index contributed by atoms with van der Waals surface area (Å²) in [5.74, 6) is 0. The van der Waals surface area contributed by atoms with Crippen molar-refractivity contribution in [2.45, 2.75) is 55.4 Å². The zero-order valence-corrected chi connectivity index (χ0v) is 66.7. The lowest BCUT2D eigenvalue weighted by Crippen LogP contribution is -2.13. The summed E-state index contributed by atoms with van der Waals surface area (Å²) in [5.41, 5.74) is 33.6. The van der Waals surface area contributed by atoms with Crippen molar-refractivity contribution >= 4 is 133 Å². The van der Waals surface area contributed by atoms with Crippen molar-refractivity contribution < 1.29 is 0 Å². The van der Waals surface area contributed by atoms with E-state index in [0.29, 0.717) is 0 Å². The van der Waals surface area contributed by atoms with E-state index >= 15 is 0 Å². The second kappa shape index (κ2) is 30.3.